The Morgan fingerprint density at radius 2 is 0.745 bits per heavy atom. The summed E-state index contributed by atoms with van der Waals surface area (Å²) in [5, 5.41) is 2.23. The van der Waals surface area contributed by atoms with Gasteiger partial charge in [-0.05, 0) is 148 Å². The first-order valence-corrected chi connectivity index (χ1v) is 32.9. The number of rotatable bonds is 9. The second kappa shape index (κ2) is 22.6. The summed E-state index contributed by atoms with van der Waals surface area (Å²) in [4.78, 5) is 5.11. The molecular weight excluding hydrogens is 1130 g/mol. The molecule has 0 atom stereocenters. The molecule has 16 rings (SSSR count). The maximum atomic E-state index is 9.57. The van der Waals surface area contributed by atoms with E-state index in [1.165, 1.54) is 16.7 Å². The molecule has 0 aliphatic carbocycles. The van der Waals surface area contributed by atoms with Crippen molar-refractivity contribution in [3.05, 3.63) is 314 Å². The molecule has 0 fully saturated rings. The molecule has 0 bridgehead atoms. The minimum atomic E-state index is -0.430. The Hall–Kier alpha value is -10.7. The Kier molecular flexibility index (Phi) is 12.7. The van der Waals surface area contributed by atoms with Gasteiger partial charge in [0.15, 0.2) is 0 Å². The van der Waals surface area contributed by atoms with Gasteiger partial charge in [-0.25, -0.2) is 0 Å². The van der Waals surface area contributed by atoms with Crippen molar-refractivity contribution in [2.75, 3.05) is 9.80 Å². The lowest BCUT2D eigenvalue weighted by Crippen LogP contribution is -2.61. The van der Waals surface area contributed by atoms with Gasteiger partial charge >= 0.3 is 0 Å². The molecule has 4 heteroatoms. The van der Waals surface area contributed by atoms with Crippen LogP contribution in [0.3, 0.4) is 0 Å². The molecule has 0 N–H and O–H groups in total. The van der Waals surface area contributed by atoms with Crippen LogP contribution in [0.5, 0.6) is 0 Å². The zero-order valence-corrected chi connectivity index (χ0v) is 54.8. The Morgan fingerprint density at radius 3 is 1.30 bits per heavy atom. The van der Waals surface area contributed by atoms with Crippen LogP contribution in [-0.4, -0.2) is 11.3 Å². The van der Waals surface area contributed by atoms with Gasteiger partial charge < -0.3 is 14.4 Å². The van der Waals surface area contributed by atoms with Gasteiger partial charge in [0.1, 0.15) is 0 Å². The average Bonchev–Trinajstić information content (AvgIpc) is 1.24. The number of anilines is 6. The van der Waals surface area contributed by atoms with Gasteiger partial charge in [-0.3, -0.25) is 0 Å². The van der Waals surface area contributed by atoms with Gasteiger partial charge in [-0.15, -0.1) is 0 Å². The van der Waals surface area contributed by atoms with Gasteiger partial charge in [0.25, 0.3) is 6.71 Å². The lowest BCUT2D eigenvalue weighted by Gasteiger charge is -2.46. The predicted octanol–water partition coefficient (Wildman–Crippen LogP) is 22.8. The fraction of sp³-hybridized carbons (Fsp3) is 0.133. The third-order valence-electron chi connectivity index (χ3n) is 19.5. The zero-order chi connectivity index (χ0) is 68.6. The van der Waals surface area contributed by atoms with Crippen molar-refractivity contribution in [2.45, 2.75) is 78.6 Å². The van der Waals surface area contributed by atoms with Gasteiger partial charge in [0.05, 0.1) is 29.3 Å². The summed E-state index contributed by atoms with van der Waals surface area (Å²) < 4.78 is 48.5. The van der Waals surface area contributed by atoms with Crippen LogP contribution in [0, 0.1) is 0 Å². The van der Waals surface area contributed by atoms with Crippen molar-refractivity contribution in [1.29, 1.82) is 0 Å². The molecule has 0 unspecified atom stereocenters. The summed E-state index contributed by atoms with van der Waals surface area (Å²) in [6, 6.07) is 96.0. The molecule has 0 saturated carbocycles. The Bertz CT molecular complexity index is 5450. The molecule has 13 aromatic carbocycles. The summed E-state index contributed by atoms with van der Waals surface area (Å²) in [5.41, 5.74) is 26.7. The van der Waals surface area contributed by atoms with E-state index in [0.29, 0.717) is 5.56 Å². The van der Waals surface area contributed by atoms with E-state index in [9.17, 15) is 2.74 Å². The highest BCUT2D eigenvalue weighted by atomic mass is 15.2. The van der Waals surface area contributed by atoms with Gasteiger partial charge in [0, 0.05) is 55.9 Å². The molecule has 1 aromatic heterocycles. The fourth-order valence-electron chi connectivity index (χ4n) is 14.7. The van der Waals surface area contributed by atoms with E-state index in [2.05, 4.69) is 338 Å². The van der Waals surface area contributed by atoms with Crippen LogP contribution in [0.4, 0.5) is 34.1 Å². The lowest BCUT2D eigenvalue weighted by atomic mass is 9.33. The van der Waals surface area contributed by atoms with Crippen molar-refractivity contribution in [2.24, 2.45) is 0 Å². The standard InChI is InChI=1S/C90H76BN3/c1-88(2,3)68-38-27-37-63(51-68)67-56-82-85-83(57-67)94(87-74(62-35-21-13-22-36-62)47-50-79-84(87)75-41-25-26-44-78(75)92(79)71-39-23-14-24-40-71)81-55-65(66-52-69(89(4,5)6)58-70(53-66)90(7,8)9)46-49-77(81)91(85)76-48-45-64(59-29-15-10-16-30-59)54-80(76)93(82)86-72(60-31-17-11-18-32-60)42-28-43-73(86)61-33-19-12-20-34-61/h10-58H,1-9H3/i10D,15D,16D,29D,30D. The van der Waals surface area contributed by atoms with Crippen molar-refractivity contribution >= 4 is 79.0 Å². The Labute approximate surface area is 562 Å². The first-order valence-electron chi connectivity index (χ1n) is 35.4. The molecule has 2 aliphatic heterocycles. The molecule has 454 valence electrons. The minimum absolute atomic E-state index is 0.144. The summed E-state index contributed by atoms with van der Waals surface area (Å²) in [5.74, 6) is 0. The molecule has 0 radical (unpaired) electrons. The SMILES string of the molecule is [2H]c1c([2H])c([2H])c(-c2ccc3c(c2)N(c2c(-c4ccccc4)cccc2-c2ccccc2)c2cc(-c4cccc(C(C)(C)C)c4)cc4c2B3c2ccc(-c3cc(C(C)(C)C)cc(C(C)(C)C)c3)cc2N4c2c(-c3ccccc3)ccc3c2c2ccccc2n3-c2ccccc2)c([2H])c1[2H]. The Balaban J connectivity index is 1.13. The van der Waals surface area contributed by atoms with E-state index in [0.717, 1.165) is 134 Å². The summed E-state index contributed by atoms with van der Waals surface area (Å²) >= 11 is 0. The smallest absolute Gasteiger partial charge is 0.252 e. The fourth-order valence-corrected chi connectivity index (χ4v) is 14.7. The second-order valence-electron chi connectivity index (χ2n) is 28.6. The third kappa shape index (κ3) is 9.98. The highest BCUT2D eigenvalue weighted by Gasteiger charge is 2.46. The molecule has 0 saturated heterocycles. The number of nitrogens with zero attached hydrogens (tertiary/aromatic N) is 3. The quantitative estimate of drug-likeness (QED) is 0.133. The van der Waals surface area contributed by atoms with E-state index in [1.807, 2.05) is 6.07 Å². The lowest BCUT2D eigenvalue weighted by molar-refractivity contribution is 0.569. The van der Waals surface area contributed by atoms with Crippen LogP contribution in [0.15, 0.2) is 297 Å². The van der Waals surface area contributed by atoms with Crippen molar-refractivity contribution in [3.63, 3.8) is 0 Å². The molecule has 14 aromatic rings. The van der Waals surface area contributed by atoms with E-state index >= 15 is 0 Å². The molecule has 0 amide bonds. The predicted molar refractivity (Wildman–Crippen MR) is 404 cm³/mol. The van der Waals surface area contributed by atoms with Crippen molar-refractivity contribution < 1.29 is 6.85 Å². The molecule has 94 heavy (non-hydrogen) atoms. The van der Waals surface area contributed by atoms with E-state index < -0.39 is 12.8 Å². The molecule has 0 spiro atoms. The van der Waals surface area contributed by atoms with Gasteiger partial charge in [-0.1, -0.05) is 311 Å². The van der Waals surface area contributed by atoms with Gasteiger partial charge in [-0.2, -0.15) is 0 Å². The number of hydrogen-bond acceptors (Lipinski definition) is 2. The zero-order valence-electron chi connectivity index (χ0n) is 59.8. The van der Waals surface area contributed by atoms with Gasteiger partial charge in [0.2, 0.25) is 0 Å². The van der Waals surface area contributed by atoms with Crippen LogP contribution in [0.2, 0.25) is 0 Å². The number of fused-ring (bicyclic) bond motifs is 7. The minimum Gasteiger partial charge on any atom is -0.310 e. The molecule has 2 aliphatic rings. The largest absolute Gasteiger partial charge is 0.310 e. The molecule has 3 heterocycles. The first-order chi connectivity index (χ1) is 47.6. The van der Waals surface area contributed by atoms with Crippen LogP contribution in [0.25, 0.3) is 94.3 Å². The summed E-state index contributed by atoms with van der Waals surface area (Å²) in [6.45, 7) is 20.3. The normalized spacial score (nSPS) is 13.6. The van der Waals surface area contributed by atoms with E-state index in [1.54, 1.807) is 0 Å². The molecular formula is C90H76BN3. The average molecular weight is 1220 g/mol. The van der Waals surface area contributed by atoms with Crippen LogP contribution in [-0.2, 0) is 16.2 Å². The second-order valence-corrected chi connectivity index (χ2v) is 28.6. The van der Waals surface area contributed by atoms with E-state index in [4.69, 9.17) is 4.11 Å². The van der Waals surface area contributed by atoms with Crippen molar-refractivity contribution in [1.82, 2.24) is 4.57 Å². The third-order valence-corrected chi connectivity index (χ3v) is 19.5. The van der Waals surface area contributed by atoms with Crippen LogP contribution >= 0.6 is 0 Å². The number of benzene rings is 13. The highest BCUT2D eigenvalue weighted by Crippen LogP contribution is 2.55. The number of para-hydroxylation sites is 3. The maximum Gasteiger partial charge on any atom is 0.252 e. The highest BCUT2D eigenvalue weighted by molar-refractivity contribution is 7.00. The van der Waals surface area contributed by atoms with E-state index in [-0.39, 0.29) is 46.0 Å². The molecule has 3 nitrogen and oxygen atoms in total. The number of aromatic nitrogens is 1. The van der Waals surface area contributed by atoms with Crippen LogP contribution in [0.1, 0.15) is 85.9 Å². The van der Waals surface area contributed by atoms with Crippen molar-refractivity contribution in [3.8, 4) is 72.4 Å². The first kappa shape index (κ1) is 52.9. The van der Waals surface area contributed by atoms with Crippen LogP contribution < -0.4 is 26.2 Å². The summed E-state index contributed by atoms with van der Waals surface area (Å²) in [7, 11) is 0. The maximum absolute atomic E-state index is 9.57. The summed E-state index contributed by atoms with van der Waals surface area (Å²) in [6.07, 6.45) is 0. The Morgan fingerprint density at radius 1 is 0.309 bits per heavy atom. The topological polar surface area (TPSA) is 11.4 Å². The monoisotopic (exact) mass is 1210 g/mol. The number of hydrogen-bond donors (Lipinski definition) is 0.